The highest BCUT2D eigenvalue weighted by Crippen LogP contribution is 2.57. The molecule has 1 rings (SSSR count). The molecule has 1 atom stereocenters. The topological polar surface area (TPSA) is 115 Å². The summed E-state index contributed by atoms with van der Waals surface area (Å²) in [4.78, 5) is 36.1. The molecule has 0 fully saturated rings. The first-order valence-electron chi connectivity index (χ1n) is 4.95. The van der Waals surface area contributed by atoms with E-state index in [1.807, 2.05) is 0 Å². The Bertz CT molecular complexity index is 512. The molecule has 1 unspecified atom stereocenters. The molecule has 0 aliphatic heterocycles. The predicted molar refractivity (Wildman–Crippen MR) is 68.2 cm³/mol. The van der Waals surface area contributed by atoms with Gasteiger partial charge >= 0.3 is 15.2 Å². The van der Waals surface area contributed by atoms with E-state index in [1.165, 1.54) is 12.1 Å². The van der Waals surface area contributed by atoms with Gasteiger partial charge in [-0.05, 0) is 11.1 Å². The van der Waals surface area contributed by atoms with Crippen LogP contribution in [0.4, 0.5) is 0 Å². The zero-order chi connectivity index (χ0) is 14.0. The second-order valence-corrected chi connectivity index (χ2v) is 7.32. The van der Waals surface area contributed by atoms with Crippen molar-refractivity contribution in [3.05, 3.63) is 42.0 Å². The number of rotatable bonds is 5. The second-order valence-electron chi connectivity index (χ2n) is 3.82. The van der Waals surface area contributed by atoms with Gasteiger partial charge in [-0.2, -0.15) is 0 Å². The van der Waals surface area contributed by atoms with Gasteiger partial charge in [-0.25, -0.2) is 0 Å². The third-order valence-corrected chi connectivity index (χ3v) is 4.80. The smallest absolute Gasteiger partial charge is 0.324 e. The molecule has 0 radical (unpaired) electrons. The minimum atomic E-state index is -4.64. The van der Waals surface area contributed by atoms with E-state index >= 15 is 0 Å². The highest BCUT2D eigenvalue weighted by molar-refractivity contribution is 7.56. The van der Waals surface area contributed by atoms with Crippen LogP contribution in [0.1, 0.15) is 16.8 Å². The van der Waals surface area contributed by atoms with Crippen LogP contribution in [-0.2, 0) is 9.13 Å². The van der Waals surface area contributed by atoms with Crippen molar-refractivity contribution in [3.63, 3.8) is 0 Å². The number of benzene rings is 1. The van der Waals surface area contributed by atoms with Crippen molar-refractivity contribution in [1.29, 1.82) is 0 Å². The van der Waals surface area contributed by atoms with Crippen molar-refractivity contribution in [1.82, 2.24) is 0 Å². The van der Waals surface area contributed by atoms with Crippen molar-refractivity contribution >= 4 is 21.3 Å². The Kier molecular flexibility index (Phi) is 4.67. The highest BCUT2D eigenvalue weighted by Gasteiger charge is 2.36. The summed E-state index contributed by atoms with van der Waals surface area (Å²) in [5.41, 5.74) is -0.561. The number of hydrogen-bond donors (Lipinski definition) is 4. The van der Waals surface area contributed by atoms with Gasteiger partial charge in [0.05, 0.1) is 11.8 Å². The third kappa shape index (κ3) is 4.50. The maximum Gasteiger partial charge on any atom is 0.333 e. The summed E-state index contributed by atoms with van der Waals surface area (Å²) in [6.07, 6.45) is 0.671. The molecule has 0 saturated carbocycles. The molecule has 18 heavy (non-hydrogen) atoms. The quantitative estimate of drug-likeness (QED) is 0.614. The molecule has 4 N–H and O–H groups in total. The summed E-state index contributed by atoms with van der Waals surface area (Å²) >= 11 is 0. The normalized spacial score (nSPS) is 14.2. The lowest BCUT2D eigenvalue weighted by molar-refractivity contribution is 0.347. The summed E-state index contributed by atoms with van der Waals surface area (Å²) in [5.74, 6) is 0. The molecule has 0 amide bonds. The fraction of sp³-hybridized carbons (Fsp3) is 0.200. The molecule has 6 nitrogen and oxygen atoms in total. The molecule has 0 aromatic heterocycles. The van der Waals surface area contributed by atoms with Crippen molar-refractivity contribution in [3.8, 4) is 0 Å². The van der Waals surface area contributed by atoms with Gasteiger partial charge in [0.25, 0.3) is 0 Å². The van der Waals surface area contributed by atoms with Crippen molar-refractivity contribution < 1.29 is 28.7 Å². The van der Waals surface area contributed by atoms with E-state index in [9.17, 15) is 9.13 Å². The van der Waals surface area contributed by atoms with E-state index in [2.05, 4.69) is 6.58 Å². The van der Waals surface area contributed by atoms with Gasteiger partial charge in [0.1, 0.15) is 0 Å². The molecule has 100 valence electrons. The molecule has 8 heteroatoms. The van der Waals surface area contributed by atoms with Gasteiger partial charge in [-0.15, -0.1) is 0 Å². The van der Waals surface area contributed by atoms with Gasteiger partial charge in [0.15, 0.2) is 0 Å². The fourth-order valence-corrected chi connectivity index (χ4v) is 4.20. The molecular formula is C10H14O6P2. The Morgan fingerprint density at radius 1 is 1.11 bits per heavy atom. The van der Waals surface area contributed by atoms with Crippen LogP contribution < -0.4 is 0 Å². The average molecular weight is 292 g/mol. The lowest BCUT2D eigenvalue weighted by Gasteiger charge is -2.19. The Balaban J connectivity index is 3.14. The summed E-state index contributed by atoms with van der Waals surface area (Å²) in [7, 11) is -9.15. The lowest BCUT2D eigenvalue weighted by atomic mass is 10.1. The molecule has 1 aromatic carbocycles. The molecule has 1 aromatic rings. The van der Waals surface area contributed by atoms with Crippen LogP contribution in [0, 0.1) is 0 Å². The second kappa shape index (κ2) is 5.49. The molecule has 0 aliphatic rings. The molecular weight excluding hydrogens is 278 g/mol. The van der Waals surface area contributed by atoms with E-state index in [4.69, 9.17) is 19.6 Å². The van der Waals surface area contributed by atoms with E-state index in [0.29, 0.717) is 0 Å². The van der Waals surface area contributed by atoms with Gasteiger partial charge in [0, 0.05) is 0 Å². The number of hydrogen-bond acceptors (Lipinski definition) is 2. The molecule has 0 spiro atoms. The summed E-state index contributed by atoms with van der Waals surface area (Å²) in [6.45, 7) is 3.54. The monoisotopic (exact) mass is 292 g/mol. The van der Waals surface area contributed by atoms with E-state index in [-0.39, 0.29) is 5.56 Å². The van der Waals surface area contributed by atoms with Crippen LogP contribution >= 0.6 is 15.2 Å². The van der Waals surface area contributed by atoms with Crippen LogP contribution in [0.25, 0.3) is 6.08 Å². The molecule has 0 bridgehead atoms. The largest absolute Gasteiger partial charge is 0.333 e. The van der Waals surface area contributed by atoms with Gasteiger partial charge in [-0.1, -0.05) is 36.9 Å². The highest BCUT2D eigenvalue weighted by atomic mass is 31.2. The Labute approximate surface area is 104 Å². The van der Waals surface area contributed by atoms with Crippen LogP contribution in [0.5, 0.6) is 0 Å². The summed E-state index contributed by atoms with van der Waals surface area (Å²) < 4.78 is 22.2. The van der Waals surface area contributed by atoms with Gasteiger partial charge in [0.2, 0.25) is 0 Å². The van der Waals surface area contributed by atoms with Gasteiger partial charge < -0.3 is 19.6 Å². The van der Waals surface area contributed by atoms with E-state index < -0.39 is 27.0 Å². The molecule has 0 heterocycles. The fourth-order valence-electron chi connectivity index (χ4n) is 1.49. The first-order chi connectivity index (χ1) is 8.13. The summed E-state index contributed by atoms with van der Waals surface area (Å²) in [6, 6.07) is 6.00. The Morgan fingerprint density at radius 2 is 1.61 bits per heavy atom. The third-order valence-electron chi connectivity index (χ3n) is 2.37. The molecule has 0 saturated heterocycles. The first kappa shape index (κ1) is 15.3. The standard InChI is InChI=1S/C10H14O6P2/c1-2-8-3-5-9(6-4-8)10(18(14,15)16)7-17(11,12)13/h2-6,10H,1,7H2,(H2,11,12,13)(H2,14,15,16). The maximum absolute atomic E-state index is 11.3. The van der Waals surface area contributed by atoms with Crippen LogP contribution in [0.3, 0.4) is 0 Å². The maximum atomic E-state index is 11.3. The van der Waals surface area contributed by atoms with Crippen LogP contribution in [0.15, 0.2) is 30.8 Å². The Morgan fingerprint density at radius 3 is 1.94 bits per heavy atom. The minimum absolute atomic E-state index is 0.192. The lowest BCUT2D eigenvalue weighted by Crippen LogP contribution is -2.06. The predicted octanol–water partition coefficient (Wildman–Crippen LogP) is 1.73. The zero-order valence-electron chi connectivity index (χ0n) is 9.38. The van der Waals surface area contributed by atoms with Crippen molar-refractivity contribution in [2.24, 2.45) is 0 Å². The SMILES string of the molecule is C=Cc1ccc(C(CP(=O)(O)O)P(=O)(O)O)cc1. The van der Waals surface area contributed by atoms with E-state index in [1.54, 1.807) is 18.2 Å². The first-order valence-corrected chi connectivity index (χ1v) is 8.43. The van der Waals surface area contributed by atoms with Crippen LogP contribution in [-0.4, -0.2) is 25.7 Å². The van der Waals surface area contributed by atoms with Gasteiger partial charge in [-0.3, -0.25) is 9.13 Å². The van der Waals surface area contributed by atoms with Crippen molar-refractivity contribution in [2.45, 2.75) is 5.66 Å². The Hall–Kier alpha value is -0.740. The van der Waals surface area contributed by atoms with Crippen LogP contribution in [0.2, 0.25) is 0 Å². The summed E-state index contributed by atoms with van der Waals surface area (Å²) in [5, 5.41) is 0. The van der Waals surface area contributed by atoms with Crippen molar-refractivity contribution in [2.75, 3.05) is 6.16 Å². The zero-order valence-corrected chi connectivity index (χ0v) is 11.2. The van der Waals surface area contributed by atoms with E-state index in [0.717, 1.165) is 5.56 Å². The molecule has 0 aliphatic carbocycles. The average Bonchev–Trinajstić information content (AvgIpc) is 2.24. The minimum Gasteiger partial charge on any atom is -0.324 e.